The van der Waals surface area contributed by atoms with Crippen molar-refractivity contribution in [3.05, 3.63) is 80.2 Å². The number of carbonyl (C=O) groups is 1. The predicted octanol–water partition coefficient (Wildman–Crippen LogP) is 3.70. The molecule has 0 aliphatic heterocycles. The maximum absolute atomic E-state index is 13.1. The number of nitrogens with one attached hydrogen (secondary N) is 1. The lowest BCUT2D eigenvalue weighted by atomic mass is 10.1. The number of rotatable bonds is 6. The number of nitrogens with zero attached hydrogens (tertiary/aromatic N) is 2. The van der Waals surface area contributed by atoms with E-state index in [1.54, 1.807) is 55.5 Å². The van der Waals surface area contributed by atoms with E-state index in [0.29, 0.717) is 38.4 Å². The second-order valence-corrected chi connectivity index (χ2v) is 7.30. The highest BCUT2D eigenvalue weighted by molar-refractivity contribution is 6.31. The van der Waals surface area contributed by atoms with Crippen LogP contribution in [0.15, 0.2) is 53.3 Å². The Hall–Kier alpha value is -2.67. The number of halogens is 2. The predicted molar refractivity (Wildman–Crippen MR) is 115 cm³/mol. The van der Waals surface area contributed by atoms with Crippen molar-refractivity contribution in [1.82, 2.24) is 9.55 Å². The summed E-state index contributed by atoms with van der Waals surface area (Å²) in [6, 6.07) is 13.6. The van der Waals surface area contributed by atoms with Gasteiger partial charge in [-0.2, -0.15) is 0 Å². The number of aryl methyl sites for hydroxylation is 1. The molecule has 150 valence electrons. The fourth-order valence-electron chi connectivity index (χ4n) is 2.97. The van der Waals surface area contributed by atoms with Gasteiger partial charge in [-0.3, -0.25) is 14.2 Å². The summed E-state index contributed by atoms with van der Waals surface area (Å²) < 4.78 is 1.30. The lowest BCUT2D eigenvalue weighted by Gasteiger charge is -2.16. The molecule has 1 aromatic heterocycles. The van der Waals surface area contributed by atoms with Crippen LogP contribution in [0.1, 0.15) is 11.3 Å². The Morgan fingerprint density at radius 3 is 2.52 bits per heavy atom. The van der Waals surface area contributed by atoms with E-state index in [4.69, 9.17) is 23.2 Å². The van der Waals surface area contributed by atoms with Gasteiger partial charge in [-0.05, 0) is 43.3 Å². The lowest BCUT2D eigenvalue weighted by molar-refractivity contribution is -0.116. The summed E-state index contributed by atoms with van der Waals surface area (Å²) in [5.41, 5.74) is 1.69. The van der Waals surface area contributed by atoms with Gasteiger partial charge < -0.3 is 10.4 Å². The molecule has 0 spiro atoms. The highest BCUT2D eigenvalue weighted by Crippen LogP contribution is 2.21. The standard InChI is InChI=1S/C21H19Cl2N3O3/c1-13-18(9-10-27)21(29)26(20(24-13)14-3-2-4-16(23)11-14)12-19(28)25-17-7-5-15(22)6-8-17/h2-8,11,27H,9-10,12H2,1H3,(H,25,28). The molecule has 0 saturated carbocycles. The first-order valence-electron chi connectivity index (χ1n) is 8.91. The van der Waals surface area contributed by atoms with E-state index in [2.05, 4.69) is 10.3 Å². The average Bonchev–Trinajstić information content (AvgIpc) is 2.69. The van der Waals surface area contributed by atoms with Crippen LogP contribution in [0.2, 0.25) is 10.0 Å². The largest absolute Gasteiger partial charge is 0.396 e. The number of carbonyl (C=O) groups excluding carboxylic acids is 1. The van der Waals surface area contributed by atoms with Crippen molar-refractivity contribution in [2.75, 3.05) is 11.9 Å². The van der Waals surface area contributed by atoms with Crippen LogP contribution in [0.4, 0.5) is 5.69 Å². The minimum Gasteiger partial charge on any atom is -0.396 e. The quantitative estimate of drug-likeness (QED) is 0.622. The second kappa shape index (κ2) is 9.22. The van der Waals surface area contributed by atoms with Gasteiger partial charge in [0.05, 0.1) is 0 Å². The molecule has 2 aromatic carbocycles. The van der Waals surface area contributed by atoms with Gasteiger partial charge in [-0.25, -0.2) is 4.98 Å². The molecule has 0 unspecified atom stereocenters. The van der Waals surface area contributed by atoms with E-state index in [-0.39, 0.29) is 25.1 Å². The monoisotopic (exact) mass is 431 g/mol. The molecule has 2 N–H and O–H groups in total. The van der Waals surface area contributed by atoms with Crippen molar-refractivity contribution in [3.63, 3.8) is 0 Å². The lowest BCUT2D eigenvalue weighted by Crippen LogP contribution is -2.33. The molecule has 0 fully saturated rings. The molecule has 0 bridgehead atoms. The number of amides is 1. The molecule has 3 aromatic rings. The van der Waals surface area contributed by atoms with Gasteiger partial charge in [0, 0.05) is 45.6 Å². The number of aromatic nitrogens is 2. The summed E-state index contributed by atoms with van der Waals surface area (Å²) in [5, 5.41) is 13.1. The van der Waals surface area contributed by atoms with E-state index in [1.807, 2.05) is 0 Å². The molecule has 29 heavy (non-hydrogen) atoms. The highest BCUT2D eigenvalue weighted by Gasteiger charge is 2.18. The molecular formula is C21H19Cl2N3O3. The number of anilines is 1. The first-order chi connectivity index (χ1) is 13.9. The molecule has 1 amide bonds. The summed E-state index contributed by atoms with van der Waals surface area (Å²) in [7, 11) is 0. The van der Waals surface area contributed by atoms with Crippen molar-refractivity contribution in [2.24, 2.45) is 0 Å². The first-order valence-corrected chi connectivity index (χ1v) is 9.67. The Balaban J connectivity index is 2.02. The number of benzene rings is 2. The molecule has 0 radical (unpaired) electrons. The summed E-state index contributed by atoms with van der Waals surface area (Å²) in [5.74, 6) is -0.0544. The Labute approximate surface area is 177 Å². The van der Waals surface area contributed by atoms with Crippen molar-refractivity contribution < 1.29 is 9.90 Å². The Kier molecular flexibility index (Phi) is 6.69. The normalized spacial score (nSPS) is 10.8. The fourth-order valence-corrected chi connectivity index (χ4v) is 3.29. The van der Waals surface area contributed by atoms with Crippen LogP contribution >= 0.6 is 23.2 Å². The zero-order chi connectivity index (χ0) is 21.0. The maximum Gasteiger partial charge on any atom is 0.257 e. The molecule has 0 aliphatic rings. The Morgan fingerprint density at radius 1 is 1.14 bits per heavy atom. The van der Waals surface area contributed by atoms with Crippen LogP contribution < -0.4 is 10.9 Å². The van der Waals surface area contributed by atoms with Crippen LogP contribution in [0, 0.1) is 6.92 Å². The minimum atomic E-state index is -0.390. The van der Waals surface area contributed by atoms with Gasteiger partial charge in [0.25, 0.3) is 5.56 Å². The van der Waals surface area contributed by atoms with Crippen molar-refractivity contribution in [3.8, 4) is 11.4 Å². The third-order valence-corrected chi connectivity index (χ3v) is 4.83. The number of hydrogen-bond acceptors (Lipinski definition) is 4. The topological polar surface area (TPSA) is 84.2 Å². The number of hydrogen-bond donors (Lipinski definition) is 2. The molecule has 0 atom stereocenters. The van der Waals surface area contributed by atoms with Gasteiger partial charge >= 0.3 is 0 Å². The fraction of sp³-hybridized carbons (Fsp3) is 0.190. The number of aliphatic hydroxyl groups excluding tert-OH is 1. The van der Waals surface area contributed by atoms with Crippen LogP contribution in [0.3, 0.4) is 0 Å². The van der Waals surface area contributed by atoms with Crippen LogP contribution in [-0.2, 0) is 17.8 Å². The Bertz CT molecular complexity index is 1100. The third-order valence-electron chi connectivity index (χ3n) is 4.34. The Morgan fingerprint density at radius 2 is 1.86 bits per heavy atom. The molecule has 6 nitrogen and oxygen atoms in total. The van der Waals surface area contributed by atoms with Crippen molar-refractivity contribution in [2.45, 2.75) is 19.9 Å². The van der Waals surface area contributed by atoms with E-state index < -0.39 is 5.91 Å². The van der Waals surface area contributed by atoms with Gasteiger partial charge in [0.1, 0.15) is 12.4 Å². The number of aliphatic hydroxyl groups is 1. The van der Waals surface area contributed by atoms with Gasteiger partial charge in [0.2, 0.25) is 5.91 Å². The van der Waals surface area contributed by atoms with Crippen LogP contribution in [-0.4, -0.2) is 27.2 Å². The summed E-state index contributed by atoms with van der Waals surface area (Å²) in [6.07, 6.45) is 0.159. The molecule has 1 heterocycles. The summed E-state index contributed by atoms with van der Waals surface area (Å²) >= 11 is 12.0. The molecule has 0 saturated heterocycles. The van der Waals surface area contributed by atoms with Crippen LogP contribution in [0.25, 0.3) is 11.4 Å². The summed E-state index contributed by atoms with van der Waals surface area (Å²) in [4.78, 5) is 30.2. The smallest absolute Gasteiger partial charge is 0.257 e. The zero-order valence-electron chi connectivity index (χ0n) is 15.7. The van der Waals surface area contributed by atoms with Gasteiger partial charge in [0.15, 0.2) is 0 Å². The van der Waals surface area contributed by atoms with E-state index >= 15 is 0 Å². The highest BCUT2D eigenvalue weighted by atomic mass is 35.5. The van der Waals surface area contributed by atoms with E-state index in [0.717, 1.165) is 0 Å². The first kappa shape index (κ1) is 21.0. The zero-order valence-corrected chi connectivity index (χ0v) is 17.2. The molecule has 3 rings (SSSR count). The van der Waals surface area contributed by atoms with E-state index in [9.17, 15) is 14.7 Å². The maximum atomic E-state index is 13.1. The SMILES string of the molecule is Cc1nc(-c2cccc(Cl)c2)n(CC(=O)Nc2ccc(Cl)cc2)c(=O)c1CCO. The van der Waals surface area contributed by atoms with Gasteiger partial charge in [-0.1, -0.05) is 35.3 Å². The van der Waals surface area contributed by atoms with E-state index in [1.165, 1.54) is 4.57 Å². The average molecular weight is 432 g/mol. The molecule has 8 heteroatoms. The minimum absolute atomic E-state index is 0.159. The van der Waals surface area contributed by atoms with Gasteiger partial charge in [-0.15, -0.1) is 0 Å². The molecular weight excluding hydrogens is 413 g/mol. The summed E-state index contributed by atoms with van der Waals surface area (Å²) in [6.45, 7) is 1.28. The van der Waals surface area contributed by atoms with Crippen molar-refractivity contribution in [1.29, 1.82) is 0 Å². The van der Waals surface area contributed by atoms with Crippen LogP contribution in [0.5, 0.6) is 0 Å². The third kappa shape index (κ3) is 5.03. The second-order valence-electron chi connectivity index (χ2n) is 6.43. The van der Waals surface area contributed by atoms with Crippen molar-refractivity contribution >= 4 is 34.8 Å². The molecule has 0 aliphatic carbocycles.